The van der Waals surface area contributed by atoms with Crippen LogP contribution in [0, 0.1) is 11.8 Å². The van der Waals surface area contributed by atoms with Crippen LogP contribution in [-0.2, 0) is 17.6 Å². The molecule has 4 aromatic rings. The molecule has 0 bridgehead atoms. The topological polar surface area (TPSA) is 118 Å². The van der Waals surface area contributed by atoms with Crippen molar-refractivity contribution < 1.29 is 14.0 Å². The van der Waals surface area contributed by atoms with Gasteiger partial charge in [-0.2, -0.15) is 0 Å². The average molecular weight is 611 g/mol. The van der Waals surface area contributed by atoms with Crippen molar-refractivity contribution in [3.8, 4) is 17.0 Å². The van der Waals surface area contributed by atoms with E-state index in [4.69, 9.17) is 9.72 Å². The lowest BCUT2D eigenvalue weighted by Crippen LogP contribution is -2.38. The van der Waals surface area contributed by atoms with E-state index in [1.54, 1.807) is 25.5 Å². The number of nitrogens with one attached hydrogen (secondary N) is 3. The molecule has 0 spiro atoms. The molecule has 0 radical (unpaired) electrons. The van der Waals surface area contributed by atoms with Gasteiger partial charge in [0, 0.05) is 47.9 Å². The zero-order valence-electron chi connectivity index (χ0n) is 26.3. The number of pyridine rings is 2. The van der Waals surface area contributed by atoms with E-state index in [0.29, 0.717) is 37.6 Å². The Morgan fingerprint density at radius 1 is 1.07 bits per heavy atom. The summed E-state index contributed by atoms with van der Waals surface area (Å²) in [4.78, 5) is 40.5. The smallest absolute Gasteiger partial charge is 0.336 e. The summed E-state index contributed by atoms with van der Waals surface area (Å²) < 4.78 is 6.91. The number of aromatic nitrogens is 4. The molecule has 0 unspecified atom stereocenters. The second kappa shape index (κ2) is 15.9. The van der Waals surface area contributed by atoms with Gasteiger partial charge in [0.2, 0.25) is 5.69 Å². The average Bonchev–Trinajstić information content (AvgIpc) is 3.06. The lowest BCUT2D eigenvalue weighted by Gasteiger charge is -2.24. The Hall–Kier alpha value is -4.57. The number of unbranched alkanes of at least 4 members (excludes halogenated alkanes) is 1. The fraction of sp³-hybridized carbons (Fsp3) is 0.400. The number of ketones is 1. The van der Waals surface area contributed by atoms with Crippen LogP contribution in [0.5, 0.6) is 5.75 Å². The van der Waals surface area contributed by atoms with Gasteiger partial charge in [-0.1, -0.05) is 41.3 Å². The summed E-state index contributed by atoms with van der Waals surface area (Å²) in [7, 11) is 0. The van der Waals surface area contributed by atoms with Crippen LogP contribution in [0.15, 0.2) is 73.2 Å². The molecule has 0 saturated heterocycles. The van der Waals surface area contributed by atoms with E-state index < -0.39 is 6.04 Å². The third kappa shape index (κ3) is 8.98. The molecular formula is C35H44N7O3+. The first-order chi connectivity index (χ1) is 22.0. The van der Waals surface area contributed by atoms with Gasteiger partial charge in [0.1, 0.15) is 18.2 Å². The summed E-state index contributed by atoms with van der Waals surface area (Å²) >= 11 is 0. The van der Waals surface area contributed by atoms with Crippen molar-refractivity contribution in [3.05, 3.63) is 95.0 Å². The number of nitrogens with zero attached hydrogens (tertiary/aromatic N) is 4. The molecule has 3 aromatic heterocycles. The van der Waals surface area contributed by atoms with Crippen molar-refractivity contribution in [2.45, 2.75) is 58.4 Å². The summed E-state index contributed by atoms with van der Waals surface area (Å²) in [6.07, 6.45) is 10.7. The third-order valence-electron chi connectivity index (χ3n) is 8.23. The molecule has 10 heteroatoms. The monoisotopic (exact) mass is 610 g/mol. The van der Waals surface area contributed by atoms with Crippen molar-refractivity contribution >= 4 is 17.4 Å². The normalized spacial score (nSPS) is 13.1. The van der Waals surface area contributed by atoms with Crippen molar-refractivity contribution in [1.82, 2.24) is 19.9 Å². The highest BCUT2D eigenvalue weighted by molar-refractivity contribution is 5.83. The van der Waals surface area contributed by atoms with Crippen LogP contribution in [-0.4, -0.2) is 64.5 Å². The van der Waals surface area contributed by atoms with Crippen LogP contribution in [0.1, 0.15) is 49.6 Å². The Kier molecular flexibility index (Phi) is 11.3. The van der Waals surface area contributed by atoms with Gasteiger partial charge in [0.15, 0.2) is 11.8 Å². The molecular weight excluding hydrogens is 566 g/mol. The summed E-state index contributed by atoms with van der Waals surface area (Å²) in [5.74, 6) is 2.11. The van der Waals surface area contributed by atoms with E-state index in [9.17, 15) is 9.70 Å². The number of H-pyrrole nitrogens is 1. The molecule has 3 N–H and O–H groups in total. The second-order valence-electron chi connectivity index (χ2n) is 11.6. The summed E-state index contributed by atoms with van der Waals surface area (Å²) in [5.41, 5.74) is 4.56. The van der Waals surface area contributed by atoms with E-state index in [2.05, 4.69) is 37.6 Å². The highest BCUT2D eigenvalue weighted by atomic mass is 16.5. The lowest BCUT2D eigenvalue weighted by molar-refractivity contribution is -0.466. The number of rotatable bonds is 16. The molecule has 0 saturated carbocycles. The SMILES string of the molecule is CC(=O)[C@H](CCN(CCCCc1ccc2c(n1)NCCC2)CCOc1cccnc1C)Nc1c[nH]cc(-c2ccccc2)[n+]1=O. The molecule has 236 valence electrons. The number of Topliss-reactive ketones (excluding diaryl/α,β-unsaturated/α-hetero) is 1. The highest BCUT2D eigenvalue weighted by Gasteiger charge is 2.24. The van der Waals surface area contributed by atoms with Crippen LogP contribution in [0.25, 0.3) is 11.3 Å². The maximum atomic E-state index is 13.2. The Labute approximate surface area is 264 Å². The number of benzene rings is 1. The van der Waals surface area contributed by atoms with Crippen LogP contribution in [0.2, 0.25) is 0 Å². The van der Waals surface area contributed by atoms with Crippen LogP contribution in [0.3, 0.4) is 0 Å². The minimum atomic E-state index is -0.513. The quantitative estimate of drug-likeness (QED) is 0.117. The number of ether oxygens (including phenoxy) is 1. The van der Waals surface area contributed by atoms with E-state index in [0.717, 1.165) is 78.1 Å². The summed E-state index contributed by atoms with van der Waals surface area (Å²) in [6, 6.07) is 17.1. The minimum Gasteiger partial charge on any atom is -0.490 e. The van der Waals surface area contributed by atoms with Crippen LogP contribution in [0.4, 0.5) is 11.6 Å². The molecule has 1 atom stereocenters. The predicted octanol–water partition coefficient (Wildman–Crippen LogP) is 5.22. The Bertz CT molecular complexity index is 1610. The standard InChI is InChI=1S/C35H44N7O3/c1-26-33(14-9-18-37-26)45-23-22-41(20-7-6-13-30-16-15-29-12-8-19-38-35(29)39-30)21-17-31(27(2)43)40-34-25-36-24-32(42(34)44)28-10-4-3-5-11-28/h3-5,9-11,14-16,18,24-25,31,40H,6-8,12-13,17,19-23H2,1-2H3,(H,36,44)(H,38,39)/q+1/t31-/m0/s1. The highest BCUT2D eigenvalue weighted by Crippen LogP contribution is 2.21. The largest absolute Gasteiger partial charge is 0.490 e. The molecule has 45 heavy (non-hydrogen) atoms. The Morgan fingerprint density at radius 3 is 2.76 bits per heavy atom. The molecule has 0 aliphatic carbocycles. The zero-order valence-corrected chi connectivity index (χ0v) is 26.3. The number of fused-ring (bicyclic) bond motifs is 1. The van der Waals surface area contributed by atoms with Gasteiger partial charge in [0.25, 0.3) is 0 Å². The van der Waals surface area contributed by atoms with E-state index in [1.165, 1.54) is 5.56 Å². The fourth-order valence-corrected chi connectivity index (χ4v) is 5.62. The van der Waals surface area contributed by atoms with Gasteiger partial charge < -0.3 is 15.0 Å². The van der Waals surface area contributed by atoms with E-state index in [1.807, 2.05) is 49.4 Å². The maximum absolute atomic E-state index is 13.2. The van der Waals surface area contributed by atoms with Crippen molar-refractivity contribution in [2.75, 3.05) is 43.4 Å². The fourth-order valence-electron chi connectivity index (χ4n) is 5.62. The number of aryl methyl sites for hydroxylation is 3. The molecule has 1 aromatic carbocycles. The number of hydrogen-bond acceptors (Lipinski definition) is 8. The number of carbonyl (C=O) groups is 1. The number of carbonyl (C=O) groups excluding carboxylic acids is 1. The first kappa shape index (κ1) is 31.8. The molecule has 0 fully saturated rings. The zero-order chi connectivity index (χ0) is 31.4. The van der Waals surface area contributed by atoms with Crippen molar-refractivity contribution in [1.29, 1.82) is 0 Å². The first-order valence-electron chi connectivity index (χ1n) is 15.9. The predicted molar refractivity (Wildman–Crippen MR) is 177 cm³/mol. The number of aromatic amines is 1. The number of anilines is 2. The molecule has 4 heterocycles. The lowest BCUT2D eigenvalue weighted by atomic mass is 10.1. The van der Waals surface area contributed by atoms with Gasteiger partial charge in [-0.3, -0.25) is 20.0 Å². The van der Waals surface area contributed by atoms with Gasteiger partial charge in [-0.25, -0.2) is 4.98 Å². The van der Waals surface area contributed by atoms with Crippen LogP contribution < -0.4 is 19.8 Å². The van der Waals surface area contributed by atoms with Gasteiger partial charge in [-0.05, 0) is 76.3 Å². The van der Waals surface area contributed by atoms with Crippen LogP contribution >= 0.6 is 0 Å². The van der Waals surface area contributed by atoms with E-state index in [-0.39, 0.29) is 5.78 Å². The van der Waals surface area contributed by atoms with Crippen molar-refractivity contribution in [2.24, 2.45) is 0 Å². The van der Waals surface area contributed by atoms with Gasteiger partial charge >= 0.3 is 5.82 Å². The minimum absolute atomic E-state index is 0.0191. The summed E-state index contributed by atoms with van der Waals surface area (Å²) in [6.45, 7) is 7.25. The second-order valence-corrected chi connectivity index (χ2v) is 11.6. The van der Waals surface area contributed by atoms with Gasteiger partial charge in [-0.15, -0.1) is 0 Å². The summed E-state index contributed by atoms with van der Waals surface area (Å²) in [5, 5.41) is 6.63. The van der Waals surface area contributed by atoms with Gasteiger partial charge in [0.05, 0.1) is 18.1 Å². The molecule has 5 rings (SSSR count). The molecule has 1 aliphatic rings. The number of hydrogen-bond donors (Lipinski definition) is 3. The molecule has 1 aliphatic heterocycles. The third-order valence-corrected chi connectivity index (χ3v) is 8.23. The van der Waals surface area contributed by atoms with Crippen molar-refractivity contribution in [3.63, 3.8) is 0 Å². The molecule has 0 amide bonds. The molecule has 10 nitrogen and oxygen atoms in total. The van der Waals surface area contributed by atoms with E-state index >= 15 is 0 Å². The maximum Gasteiger partial charge on any atom is 0.336 e. The Balaban J connectivity index is 1.20. The Morgan fingerprint density at radius 2 is 1.93 bits per heavy atom. The first-order valence-corrected chi connectivity index (χ1v) is 15.9.